The Morgan fingerprint density at radius 1 is 0.951 bits per heavy atom. The number of β-amino-alcohol motifs (C(OH)–C–C–N with tert-alkyl or cyclic N) is 1. The van der Waals surface area contributed by atoms with E-state index in [0.29, 0.717) is 55.5 Å². The minimum absolute atomic E-state index is 0.0916. The molecule has 0 amide bonds. The van der Waals surface area contributed by atoms with Crippen LogP contribution in [0.15, 0.2) is 29.2 Å². The van der Waals surface area contributed by atoms with Gasteiger partial charge < -0.3 is 5.11 Å². The van der Waals surface area contributed by atoms with E-state index in [1.807, 2.05) is 0 Å². The van der Waals surface area contributed by atoms with Crippen LogP contribution in [0, 0.1) is 34.5 Å². The average Bonchev–Trinajstić information content (AvgIpc) is 3.23. The molecule has 0 spiro atoms. The maximum absolute atomic E-state index is 13.5. The van der Waals surface area contributed by atoms with Crippen molar-refractivity contribution in [2.24, 2.45) is 34.5 Å². The third kappa shape index (κ3) is 4.89. The summed E-state index contributed by atoms with van der Waals surface area (Å²) in [6, 6.07) is 4.35. The van der Waals surface area contributed by atoms with Gasteiger partial charge in [0.25, 0.3) is 0 Å². The molecule has 1 heterocycles. The van der Waals surface area contributed by atoms with E-state index in [-0.39, 0.29) is 23.9 Å². The first-order valence-corrected chi connectivity index (χ1v) is 16.8. The first-order valence-electron chi connectivity index (χ1n) is 15.3. The molecule has 4 aliphatic carbocycles. The zero-order valence-electron chi connectivity index (χ0n) is 24.1. The van der Waals surface area contributed by atoms with Crippen LogP contribution in [0.25, 0.3) is 0 Å². The highest BCUT2D eigenvalue weighted by molar-refractivity contribution is 7.89. The Bertz CT molecular complexity index is 1300. The second-order valence-electron chi connectivity index (χ2n) is 14.2. The number of aliphatic hydroxyl groups is 1. The number of carbonyl (C=O) groups excluding carboxylic acids is 1. The molecule has 228 valence electrons. The van der Waals surface area contributed by atoms with Crippen molar-refractivity contribution < 1.29 is 31.5 Å². The van der Waals surface area contributed by atoms with Crippen LogP contribution in [-0.4, -0.2) is 66.8 Å². The standard InChI is InChI=1S/C31H43F3N2O4S/c1-28-13-14-30(38,19-21(28)7-8-22-23-9-10-27(37)29(23,2)12-11-24(22)28)20-35-15-17-36(18-16-35)41(39,40)26-6-4-3-5-25(26)31(32,33)34/h3-6,21-24,38H,7-20H2,1-2H3/t21?,22-,23-,24+,28-,29-,30?/m0/s1. The lowest BCUT2D eigenvalue weighted by Gasteiger charge is -2.61. The van der Waals surface area contributed by atoms with Crippen LogP contribution < -0.4 is 0 Å². The second-order valence-corrected chi connectivity index (χ2v) is 16.1. The van der Waals surface area contributed by atoms with Crippen molar-refractivity contribution in [3.8, 4) is 0 Å². The molecule has 0 aromatic heterocycles. The zero-order valence-corrected chi connectivity index (χ0v) is 24.9. The van der Waals surface area contributed by atoms with Crippen LogP contribution in [0.3, 0.4) is 0 Å². The summed E-state index contributed by atoms with van der Waals surface area (Å²) in [6.45, 7) is 6.01. The molecule has 5 aliphatic rings. The van der Waals surface area contributed by atoms with E-state index in [4.69, 9.17) is 0 Å². The van der Waals surface area contributed by atoms with Crippen LogP contribution in [0.5, 0.6) is 0 Å². The largest absolute Gasteiger partial charge is 0.417 e. The minimum atomic E-state index is -4.75. The second kappa shape index (κ2) is 10.0. The number of fused-ring (bicyclic) bond motifs is 5. The monoisotopic (exact) mass is 596 g/mol. The number of nitrogens with zero attached hydrogens (tertiary/aromatic N) is 2. The lowest BCUT2D eigenvalue weighted by molar-refractivity contribution is -0.157. The van der Waals surface area contributed by atoms with Gasteiger partial charge in [-0.05, 0) is 92.6 Å². The summed E-state index contributed by atoms with van der Waals surface area (Å²) in [7, 11) is -4.29. The Balaban J connectivity index is 1.09. The Hall–Kier alpha value is -1.49. The molecule has 0 radical (unpaired) electrons. The van der Waals surface area contributed by atoms with Crippen LogP contribution >= 0.6 is 0 Å². The average molecular weight is 597 g/mol. The zero-order chi connectivity index (χ0) is 29.4. The summed E-state index contributed by atoms with van der Waals surface area (Å²) < 4.78 is 68.0. The van der Waals surface area contributed by atoms with E-state index in [1.54, 1.807) is 0 Å². The number of piperazine rings is 1. The van der Waals surface area contributed by atoms with Gasteiger partial charge in [-0.2, -0.15) is 17.5 Å². The Labute approximate surface area is 241 Å². The van der Waals surface area contributed by atoms with E-state index in [9.17, 15) is 31.5 Å². The molecule has 4 saturated carbocycles. The maximum Gasteiger partial charge on any atom is 0.417 e. The molecule has 1 aromatic carbocycles. The predicted octanol–water partition coefficient (Wildman–Crippen LogP) is 5.35. The van der Waals surface area contributed by atoms with Gasteiger partial charge in [-0.1, -0.05) is 26.0 Å². The molecular formula is C31H43F3N2O4S. The molecular weight excluding hydrogens is 553 g/mol. The van der Waals surface area contributed by atoms with Crippen molar-refractivity contribution in [2.75, 3.05) is 32.7 Å². The number of hydrogen-bond donors (Lipinski definition) is 1. The molecule has 1 aromatic rings. The molecule has 6 nitrogen and oxygen atoms in total. The van der Waals surface area contributed by atoms with Gasteiger partial charge >= 0.3 is 6.18 Å². The number of sulfonamides is 1. The number of rotatable bonds is 4. The Kier molecular flexibility index (Phi) is 7.23. The summed E-state index contributed by atoms with van der Waals surface area (Å²) in [5.41, 5.74) is -1.96. The summed E-state index contributed by atoms with van der Waals surface area (Å²) in [6.07, 6.45) is 3.68. The topological polar surface area (TPSA) is 77.9 Å². The molecule has 7 atom stereocenters. The number of benzene rings is 1. The van der Waals surface area contributed by atoms with Crippen LogP contribution in [-0.2, 0) is 21.0 Å². The first kappa shape index (κ1) is 29.6. The van der Waals surface area contributed by atoms with E-state index in [0.717, 1.165) is 67.8 Å². The van der Waals surface area contributed by atoms with E-state index in [1.165, 1.54) is 12.1 Å². The summed E-state index contributed by atoms with van der Waals surface area (Å²) in [4.78, 5) is 14.1. The lowest BCUT2D eigenvalue weighted by Crippen LogP contribution is -2.59. The molecule has 2 unspecified atom stereocenters. The first-order chi connectivity index (χ1) is 19.2. The molecule has 0 bridgehead atoms. The van der Waals surface area contributed by atoms with Crippen molar-refractivity contribution in [3.05, 3.63) is 29.8 Å². The number of carbonyl (C=O) groups is 1. The number of hydrogen-bond acceptors (Lipinski definition) is 5. The van der Waals surface area contributed by atoms with Crippen molar-refractivity contribution in [1.29, 1.82) is 0 Å². The fourth-order valence-electron chi connectivity index (χ4n) is 9.85. The SMILES string of the molecule is C[C@]12CCC(O)(CN3CCN(S(=O)(=O)c4ccccc4C(F)(F)F)CC3)CC1CC[C@@H]1[C@H]2CC[C@]2(C)C(=O)CC[C@@H]12. The van der Waals surface area contributed by atoms with Gasteiger partial charge in [0.15, 0.2) is 0 Å². The van der Waals surface area contributed by atoms with Crippen molar-refractivity contribution >= 4 is 15.8 Å². The quantitative estimate of drug-likeness (QED) is 0.507. The van der Waals surface area contributed by atoms with Gasteiger partial charge in [-0.3, -0.25) is 9.69 Å². The minimum Gasteiger partial charge on any atom is -0.389 e. The molecule has 41 heavy (non-hydrogen) atoms. The Morgan fingerprint density at radius 2 is 1.66 bits per heavy atom. The summed E-state index contributed by atoms with van der Waals surface area (Å²) in [5, 5.41) is 11.8. The highest BCUT2D eigenvalue weighted by atomic mass is 32.2. The van der Waals surface area contributed by atoms with Gasteiger partial charge in [0.2, 0.25) is 10.0 Å². The van der Waals surface area contributed by atoms with Crippen LogP contribution in [0.2, 0.25) is 0 Å². The van der Waals surface area contributed by atoms with Gasteiger partial charge in [0, 0.05) is 44.6 Å². The fourth-order valence-corrected chi connectivity index (χ4v) is 11.5. The van der Waals surface area contributed by atoms with Crippen LogP contribution in [0.1, 0.15) is 77.2 Å². The molecule has 1 saturated heterocycles. The number of ketones is 1. The molecule has 10 heteroatoms. The number of alkyl halides is 3. The van der Waals surface area contributed by atoms with E-state index in [2.05, 4.69) is 18.7 Å². The van der Waals surface area contributed by atoms with Crippen LogP contribution in [0.4, 0.5) is 13.2 Å². The maximum atomic E-state index is 13.5. The van der Waals surface area contributed by atoms with Gasteiger partial charge in [-0.15, -0.1) is 0 Å². The van der Waals surface area contributed by atoms with Gasteiger partial charge in [0.05, 0.1) is 16.1 Å². The highest BCUT2D eigenvalue weighted by Crippen LogP contribution is 2.66. The van der Waals surface area contributed by atoms with Gasteiger partial charge in [-0.25, -0.2) is 8.42 Å². The molecule has 5 fully saturated rings. The van der Waals surface area contributed by atoms with E-state index < -0.39 is 32.3 Å². The molecule has 1 aliphatic heterocycles. The Morgan fingerprint density at radius 3 is 2.37 bits per heavy atom. The summed E-state index contributed by atoms with van der Waals surface area (Å²) in [5.74, 6) is 2.59. The van der Waals surface area contributed by atoms with Crippen molar-refractivity contribution in [3.63, 3.8) is 0 Å². The highest BCUT2D eigenvalue weighted by Gasteiger charge is 2.61. The third-order valence-electron chi connectivity index (χ3n) is 12.2. The predicted molar refractivity (Wildman–Crippen MR) is 148 cm³/mol. The van der Waals surface area contributed by atoms with Crippen molar-refractivity contribution in [1.82, 2.24) is 9.21 Å². The fraction of sp³-hybridized carbons (Fsp3) is 0.774. The smallest absolute Gasteiger partial charge is 0.389 e. The third-order valence-corrected chi connectivity index (χ3v) is 14.1. The van der Waals surface area contributed by atoms with E-state index >= 15 is 0 Å². The molecule has 6 rings (SSSR count). The number of halogens is 3. The van der Waals surface area contributed by atoms with Gasteiger partial charge in [0.1, 0.15) is 5.78 Å². The number of Topliss-reactive ketones (excluding diaryl/α,β-unsaturated/α-hetero) is 1. The molecule has 1 N–H and O–H groups in total. The normalized spacial score (nSPS) is 40.6. The van der Waals surface area contributed by atoms with Crippen molar-refractivity contribution in [2.45, 2.75) is 88.3 Å². The lowest BCUT2D eigenvalue weighted by atomic mass is 9.44. The summed E-state index contributed by atoms with van der Waals surface area (Å²) >= 11 is 0.